The van der Waals surface area contributed by atoms with Crippen molar-refractivity contribution in [2.24, 2.45) is 0 Å². The van der Waals surface area contributed by atoms with Gasteiger partial charge in [-0.3, -0.25) is 4.79 Å². The van der Waals surface area contributed by atoms with Crippen molar-refractivity contribution in [1.82, 2.24) is 4.90 Å². The molecule has 0 unspecified atom stereocenters. The summed E-state index contributed by atoms with van der Waals surface area (Å²) in [4.78, 5) is 14.7. The SMILES string of the molecule is CC(=O)c1cc(Br)ccc1SCCN(C)C. The second-order valence-corrected chi connectivity index (χ2v) is 5.90. The second kappa shape index (κ2) is 6.42. The van der Waals surface area contributed by atoms with Gasteiger partial charge in [0.1, 0.15) is 0 Å². The van der Waals surface area contributed by atoms with E-state index >= 15 is 0 Å². The largest absolute Gasteiger partial charge is 0.309 e. The third kappa shape index (κ3) is 4.28. The highest BCUT2D eigenvalue weighted by Gasteiger charge is 2.08. The molecule has 88 valence electrons. The molecule has 2 nitrogen and oxygen atoms in total. The lowest BCUT2D eigenvalue weighted by atomic mass is 10.1. The molecule has 0 aliphatic rings. The average molecular weight is 302 g/mol. The molecule has 0 aliphatic carbocycles. The molecule has 0 aliphatic heterocycles. The molecule has 1 aromatic carbocycles. The van der Waals surface area contributed by atoms with Gasteiger partial charge < -0.3 is 4.90 Å². The molecule has 4 heteroatoms. The first-order valence-electron chi connectivity index (χ1n) is 5.08. The van der Waals surface area contributed by atoms with Gasteiger partial charge in [-0.25, -0.2) is 0 Å². The lowest BCUT2D eigenvalue weighted by Crippen LogP contribution is -2.14. The van der Waals surface area contributed by atoms with Crippen LogP contribution in [0, 0.1) is 0 Å². The molecule has 0 N–H and O–H groups in total. The fourth-order valence-corrected chi connectivity index (χ4v) is 2.80. The highest BCUT2D eigenvalue weighted by Crippen LogP contribution is 2.26. The fourth-order valence-electron chi connectivity index (χ4n) is 1.24. The predicted molar refractivity (Wildman–Crippen MR) is 73.4 cm³/mol. The number of carbonyl (C=O) groups is 1. The van der Waals surface area contributed by atoms with E-state index in [2.05, 4.69) is 20.8 Å². The third-order valence-corrected chi connectivity index (χ3v) is 3.66. The number of benzene rings is 1. The van der Waals surface area contributed by atoms with Gasteiger partial charge in [-0.05, 0) is 39.2 Å². The summed E-state index contributed by atoms with van der Waals surface area (Å²) < 4.78 is 0.953. The molecule has 0 saturated heterocycles. The van der Waals surface area contributed by atoms with Gasteiger partial charge in [0.15, 0.2) is 5.78 Å². The van der Waals surface area contributed by atoms with Crippen LogP contribution in [0.4, 0.5) is 0 Å². The number of halogens is 1. The summed E-state index contributed by atoms with van der Waals surface area (Å²) in [6.45, 7) is 2.62. The first-order valence-corrected chi connectivity index (χ1v) is 6.86. The van der Waals surface area contributed by atoms with Gasteiger partial charge in [0.2, 0.25) is 0 Å². The Bertz CT molecular complexity index is 379. The van der Waals surface area contributed by atoms with E-state index in [1.165, 1.54) is 0 Å². The number of hydrogen-bond acceptors (Lipinski definition) is 3. The van der Waals surface area contributed by atoms with Crippen molar-refractivity contribution < 1.29 is 4.79 Å². The van der Waals surface area contributed by atoms with Gasteiger partial charge in [-0.2, -0.15) is 0 Å². The highest BCUT2D eigenvalue weighted by atomic mass is 79.9. The van der Waals surface area contributed by atoms with Crippen molar-refractivity contribution in [1.29, 1.82) is 0 Å². The van der Waals surface area contributed by atoms with E-state index in [4.69, 9.17) is 0 Å². The number of Topliss-reactive ketones (excluding diaryl/α,β-unsaturated/α-hetero) is 1. The van der Waals surface area contributed by atoms with E-state index in [0.717, 1.165) is 27.2 Å². The Balaban J connectivity index is 2.75. The fraction of sp³-hybridized carbons (Fsp3) is 0.417. The molecule has 0 radical (unpaired) electrons. The lowest BCUT2D eigenvalue weighted by Gasteiger charge is -2.10. The highest BCUT2D eigenvalue weighted by molar-refractivity contribution is 9.10. The summed E-state index contributed by atoms with van der Waals surface area (Å²) in [7, 11) is 4.10. The summed E-state index contributed by atoms with van der Waals surface area (Å²) in [6.07, 6.45) is 0. The molecule has 0 fully saturated rings. The first-order chi connectivity index (χ1) is 7.50. The Morgan fingerprint density at radius 2 is 2.12 bits per heavy atom. The summed E-state index contributed by atoms with van der Waals surface area (Å²) in [5.41, 5.74) is 0.804. The van der Waals surface area contributed by atoms with Crippen molar-refractivity contribution in [2.75, 3.05) is 26.4 Å². The maximum atomic E-state index is 11.5. The zero-order chi connectivity index (χ0) is 12.1. The minimum Gasteiger partial charge on any atom is -0.309 e. The van der Waals surface area contributed by atoms with Crippen molar-refractivity contribution in [3.8, 4) is 0 Å². The van der Waals surface area contributed by atoms with Gasteiger partial charge in [-0.15, -0.1) is 11.8 Å². The summed E-state index contributed by atoms with van der Waals surface area (Å²) in [5.74, 6) is 1.11. The zero-order valence-corrected chi connectivity index (χ0v) is 12.2. The standard InChI is InChI=1S/C12H16BrNOS/c1-9(15)11-8-10(13)4-5-12(11)16-7-6-14(2)3/h4-5,8H,6-7H2,1-3H3. The van der Waals surface area contributed by atoms with Crippen LogP contribution in [-0.4, -0.2) is 37.1 Å². The molecular formula is C12H16BrNOS. The molecule has 0 amide bonds. The molecule has 0 aromatic heterocycles. The first kappa shape index (κ1) is 13.7. The van der Waals surface area contributed by atoms with Gasteiger partial charge in [0.05, 0.1) is 0 Å². The maximum absolute atomic E-state index is 11.5. The van der Waals surface area contributed by atoms with E-state index in [9.17, 15) is 4.79 Å². The van der Waals surface area contributed by atoms with Crippen LogP contribution in [-0.2, 0) is 0 Å². The van der Waals surface area contributed by atoms with Crippen molar-refractivity contribution in [2.45, 2.75) is 11.8 Å². The van der Waals surface area contributed by atoms with Crippen molar-refractivity contribution in [3.05, 3.63) is 28.2 Å². The van der Waals surface area contributed by atoms with Crippen LogP contribution in [0.15, 0.2) is 27.6 Å². The number of rotatable bonds is 5. The van der Waals surface area contributed by atoms with Crippen molar-refractivity contribution in [3.63, 3.8) is 0 Å². The van der Waals surface area contributed by atoms with Gasteiger partial charge >= 0.3 is 0 Å². The average Bonchev–Trinajstić information content (AvgIpc) is 2.19. The number of carbonyl (C=O) groups excluding carboxylic acids is 1. The lowest BCUT2D eigenvalue weighted by molar-refractivity contribution is 0.101. The van der Waals surface area contributed by atoms with E-state index in [-0.39, 0.29) is 5.78 Å². The van der Waals surface area contributed by atoms with Crippen LogP contribution in [0.3, 0.4) is 0 Å². The zero-order valence-electron chi connectivity index (χ0n) is 9.79. The number of nitrogens with zero attached hydrogens (tertiary/aromatic N) is 1. The van der Waals surface area contributed by atoms with Crippen molar-refractivity contribution >= 4 is 33.5 Å². The van der Waals surface area contributed by atoms with Gasteiger partial charge in [0, 0.05) is 27.2 Å². The van der Waals surface area contributed by atoms with Gasteiger partial charge in [0.25, 0.3) is 0 Å². The Morgan fingerprint density at radius 3 is 2.69 bits per heavy atom. The topological polar surface area (TPSA) is 20.3 Å². The normalized spacial score (nSPS) is 10.8. The Hall–Kier alpha value is -0.320. The molecule has 0 heterocycles. The quantitative estimate of drug-likeness (QED) is 0.615. The van der Waals surface area contributed by atoms with Crippen LogP contribution in [0.2, 0.25) is 0 Å². The minimum absolute atomic E-state index is 0.119. The third-order valence-electron chi connectivity index (χ3n) is 2.12. The summed E-state index contributed by atoms with van der Waals surface area (Å²) in [5, 5.41) is 0. The molecule has 1 rings (SSSR count). The molecule has 0 saturated carbocycles. The maximum Gasteiger partial charge on any atom is 0.160 e. The second-order valence-electron chi connectivity index (χ2n) is 3.85. The number of hydrogen-bond donors (Lipinski definition) is 0. The number of ketones is 1. The van der Waals surface area contributed by atoms with E-state index in [0.29, 0.717) is 0 Å². The van der Waals surface area contributed by atoms with Crippen LogP contribution in [0.5, 0.6) is 0 Å². The van der Waals surface area contributed by atoms with E-state index in [1.807, 2.05) is 32.3 Å². The summed E-state index contributed by atoms with van der Waals surface area (Å²) in [6, 6.07) is 5.87. The summed E-state index contributed by atoms with van der Waals surface area (Å²) >= 11 is 5.12. The molecule has 0 bridgehead atoms. The molecule has 0 atom stereocenters. The van der Waals surface area contributed by atoms with Gasteiger partial charge in [-0.1, -0.05) is 15.9 Å². The predicted octanol–water partition coefficient (Wildman–Crippen LogP) is 3.31. The van der Waals surface area contributed by atoms with Crippen LogP contribution < -0.4 is 0 Å². The molecule has 16 heavy (non-hydrogen) atoms. The minimum atomic E-state index is 0.119. The van der Waals surface area contributed by atoms with Crippen LogP contribution >= 0.6 is 27.7 Å². The molecule has 1 aromatic rings. The van der Waals surface area contributed by atoms with Crippen LogP contribution in [0.1, 0.15) is 17.3 Å². The molecule has 0 spiro atoms. The Labute approximate surface area is 110 Å². The monoisotopic (exact) mass is 301 g/mol. The van der Waals surface area contributed by atoms with E-state index < -0.39 is 0 Å². The smallest absolute Gasteiger partial charge is 0.160 e. The number of thioether (sulfide) groups is 1. The Kier molecular flexibility index (Phi) is 5.52. The molecular weight excluding hydrogens is 286 g/mol. The van der Waals surface area contributed by atoms with E-state index in [1.54, 1.807) is 18.7 Å². The Morgan fingerprint density at radius 1 is 1.44 bits per heavy atom. The van der Waals surface area contributed by atoms with Crippen LogP contribution in [0.25, 0.3) is 0 Å².